The van der Waals surface area contributed by atoms with Gasteiger partial charge in [0.1, 0.15) is 0 Å². The lowest BCUT2D eigenvalue weighted by Crippen LogP contribution is -1.88. The van der Waals surface area contributed by atoms with Gasteiger partial charge < -0.3 is 0 Å². The fourth-order valence-electron chi connectivity index (χ4n) is 1.69. The third-order valence-corrected chi connectivity index (χ3v) is 3.29. The number of rotatable bonds is 2. The van der Waals surface area contributed by atoms with Gasteiger partial charge in [0.15, 0.2) is 4.96 Å². The summed E-state index contributed by atoms with van der Waals surface area (Å²) in [4.78, 5) is 15.3. The highest BCUT2D eigenvalue weighted by molar-refractivity contribution is 7.15. The van der Waals surface area contributed by atoms with Crippen molar-refractivity contribution in [3.63, 3.8) is 0 Å². The number of non-ortho nitro benzene ring substituents is 1. The molecule has 2 aromatic heterocycles. The summed E-state index contributed by atoms with van der Waals surface area (Å²) in [6.45, 7) is 0. The summed E-state index contributed by atoms with van der Waals surface area (Å²) in [6, 6.07) is 6.47. The number of aromatic nitrogens is 2. The molecule has 3 aromatic rings. The van der Waals surface area contributed by atoms with E-state index in [1.165, 1.54) is 12.1 Å². The van der Waals surface area contributed by atoms with Crippen LogP contribution in [0.5, 0.6) is 0 Å². The lowest BCUT2D eigenvalue weighted by atomic mass is 10.1. The third kappa shape index (κ3) is 1.58. The van der Waals surface area contributed by atoms with Gasteiger partial charge in [-0.15, -0.1) is 11.3 Å². The number of thiazole rings is 1. The predicted molar refractivity (Wildman–Crippen MR) is 65.2 cm³/mol. The molecule has 84 valence electrons. The molecule has 2 heterocycles. The monoisotopic (exact) mass is 245 g/mol. The smallest absolute Gasteiger partial charge is 0.269 e. The van der Waals surface area contributed by atoms with Gasteiger partial charge in [0.05, 0.1) is 16.8 Å². The van der Waals surface area contributed by atoms with E-state index in [0.29, 0.717) is 0 Å². The number of imidazole rings is 1. The number of hydrogen-bond acceptors (Lipinski definition) is 4. The summed E-state index contributed by atoms with van der Waals surface area (Å²) in [5.74, 6) is 0. The number of nitrogens with zero attached hydrogens (tertiary/aromatic N) is 3. The molecule has 0 radical (unpaired) electrons. The normalized spacial score (nSPS) is 10.8. The van der Waals surface area contributed by atoms with Crippen LogP contribution in [0.3, 0.4) is 0 Å². The van der Waals surface area contributed by atoms with Crippen LogP contribution in [0.2, 0.25) is 0 Å². The first-order valence-electron chi connectivity index (χ1n) is 4.91. The Bertz CT molecular complexity index is 684. The summed E-state index contributed by atoms with van der Waals surface area (Å²) in [5.41, 5.74) is 1.96. The van der Waals surface area contributed by atoms with E-state index in [-0.39, 0.29) is 5.69 Å². The average Bonchev–Trinajstić information content (AvgIpc) is 2.90. The molecule has 17 heavy (non-hydrogen) atoms. The zero-order valence-electron chi connectivity index (χ0n) is 8.61. The van der Waals surface area contributed by atoms with Crippen LogP contribution in [-0.2, 0) is 0 Å². The molecule has 0 aliphatic carbocycles. The van der Waals surface area contributed by atoms with Crippen LogP contribution in [0.15, 0.2) is 42.0 Å². The zero-order chi connectivity index (χ0) is 11.8. The Morgan fingerprint density at radius 1 is 1.29 bits per heavy atom. The van der Waals surface area contributed by atoms with Gasteiger partial charge >= 0.3 is 0 Å². The Morgan fingerprint density at radius 3 is 2.76 bits per heavy atom. The first-order valence-corrected chi connectivity index (χ1v) is 5.79. The van der Waals surface area contributed by atoms with Gasteiger partial charge in [-0.25, -0.2) is 4.98 Å². The molecule has 3 rings (SSSR count). The van der Waals surface area contributed by atoms with E-state index in [4.69, 9.17) is 0 Å². The second kappa shape index (κ2) is 3.67. The van der Waals surface area contributed by atoms with Crippen LogP contribution in [0.25, 0.3) is 16.2 Å². The zero-order valence-corrected chi connectivity index (χ0v) is 9.42. The van der Waals surface area contributed by atoms with Crippen molar-refractivity contribution in [2.45, 2.75) is 0 Å². The van der Waals surface area contributed by atoms with E-state index >= 15 is 0 Å². The molecule has 0 unspecified atom stereocenters. The molecule has 0 fully saturated rings. The molecule has 0 aliphatic rings. The molecular weight excluding hydrogens is 238 g/mol. The summed E-state index contributed by atoms with van der Waals surface area (Å²) >= 11 is 1.55. The van der Waals surface area contributed by atoms with E-state index < -0.39 is 4.92 Å². The van der Waals surface area contributed by atoms with Crippen molar-refractivity contribution in [3.8, 4) is 11.3 Å². The fraction of sp³-hybridized carbons (Fsp3) is 0. The summed E-state index contributed by atoms with van der Waals surface area (Å²) in [6.07, 6.45) is 3.71. The maximum atomic E-state index is 10.6. The highest BCUT2D eigenvalue weighted by Crippen LogP contribution is 2.24. The van der Waals surface area contributed by atoms with Gasteiger partial charge in [0, 0.05) is 29.3 Å². The standard InChI is InChI=1S/C11H7N3O2S/c15-14(16)9-3-1-8(2-4-9)10-7-12-11-13(10)5-6-17-11/h1-7H. The Morgan fingerprint density at radius 2 is 2.06 bits per heavy atom. The van der Waals surface area contributed by atoms with Crippen molar-refractivity contribution in [3.05, 3.63) is 52.2 Å². The lowest BCUT2D eigenvalue weighted by Gasteiger charge is -1.98. The van der Waals surface area contributed by atoms with Gasteiger partial charge in [0.25, 0.3) is 5.69 Å². The van der Waals surface area contributed by atoms with Crippen molar-refractivity contribution in [2.75, 3.05) is 0 Å². The molecule has 0 atom stereocenters. The quantitative estimate of drug-likeness (QED) is 0.515. The van der Waals surface area contributed by atoms with Crippen LogP contribution >= 0.6 is 11.3 Å². The van der Waals surface area contributed by atoms with Gasteiger partial charge in [-0.05, 0) is 12.1 Å². The van der Waals surface area contributed by atoms with Crippen LogP contribution < -0.4 is 0 Å². The number of fused-ring (bicyclic) bond motifs is 1. The topological polar surface area (TPSA) is 60.4 Å². The van der Waals surface area contributed by atoms with Gasteiger partial charge in [-0.1, -0.05) is 0 Å². The molecule has 0 bridgehead atoms. The average molecular weight is 245 g/mol. The van der Waals surface area contributed by atoms with Gasteiger partial charge in [-0.3, -0.25) is 14.5 Å². The SMILES string of the molecule is O=[N+]([O-])c1ccc(-c2cnc3sccn23)cc1. The summed E-state index contributed by atoms with van der Waals surface area (Å²) in [5, 5.41) is 12.5. The van der Waals surface area contributed by atoms with Crippen LogP contribution in [0, 0.1) is 10.1 Å². The van der Waals surface area contributed by atoms with E-state index in [2.05, 4.69) is 4.98 Å². The summed E-state index contributed by atoms with van der Waals surface area (Å²) in [7, 11) is 0. The largest absolute Gasteiger partial charge is 0.290 e. The predicted octanol–water partition coefficient (Wildman–Crippen LogP) is 2.97. The van der Waals surface area contributed by atoms with E-state index in [1.54, 1.807) is 29.7 Å². The second-order valence-corrected chi connectivity index (χ2v) is 4.38. The van der Waals surface area contributed by atoms with Crippen molar-refractivity contribution in [1.29, 1.82) is 0 Å². The number of hydrogen-bond donors (Lipinski definition) is 0. The van der Waals surface area contributed by atoms with Crippen LogP contribution in [0.4, 0.5) is 5.69 Å². The van der Waals surface area contributed by atoms with Crippen molar-refractivity contribution in [2.24, 2.45) is 0 Å². The molecular formula is C11H7N3O2S. The molecule has 0 N–H and O–H groups in total. The minimum absolute atomic E-state index is 0.0971. The Balaban J connectivity index is 2.10. The van der Waals surface area contributed by atoms with E-state index in [9.17, 15) is 10.1 Å². The minimum Gasteiger partial charge on any atom is -0.290 e. The lowest BCUT2D eigenvalue weighted by molar-refractivity contribution is -0.384. The highest BCUT2D eigenvalue weighted by atomic mass is 32.1. The first-order chi connectivity index (χ1) is 8.25. The summed E-state index contributed by atoms with van der Waals surface area (Å²) < 4.78 is 1.96. The molecule has 0 amide bonds. The fourth-order valence-corrected chi connectivity index (χ4v) is 2.39. The van der Waals surface area contributed by atoms with Crippen molar-refractivity contribution >= 4 is 22.0 Å². The highest BCUT2D eigenvalue weighted by Gasteiger charge is 2.09. The number of benzene rings is 1. The molecule has 1 aromatic carbocycles. The van der Waals surface area contributed by atoms with Crippen LogP contribution in [-0.4, -0.2) is 14.3 Å². The maximum absolute atomic E-state index is 10.6. The molecule has 6 heteroatoms. The number of nitro groups is 1. The third-order valence-electron chi connectivity index (χ3n) is 2.52. The van der Waals surface area contributed by atoms with E-state index in [1.807, 2.05) is 16.0 Å². The van der Waals surface area contributed by atoms with Crippen LogP contribution in [0.1, 0.15) is 0 Å². The van der Waals surface area contributed by atoms with Gasteiger partial charge in [-0.2, -0.15) is 0 Å². The molecule has 0 spiro atoms. The molecule has 5 nitrogen and oxygen atoms in total. The Kier molecular flexibility index (Phi) is 2.15. The second-order valence-electron chi connectivity index (χ2n) is 3.50. The maximum Gasteiger partial charge on any atom is 0.269 e. The first kappa shape index (κ1) is 9.98. The van der Waals surface area contributed by atoms with Crippen molar-refractivity contribution in [1.82, 2.24) is 9.38 Å². The van der Waals surface area contributed by atoms with E-state index in [0.717, 1.165) is 16.2 Å². The Labute approximate surface area is 100 Å². The molecule has 0 saturated heterocycles. The molecule has 0 saturated carbocycles. The molecule has 0 aliphatic heterocycles. The number of nitro benzene ring substituents is 1. The van der Waals surface area contributed by atoms with Gasteiger partial charge in [0.2, 0.25) is 0 Å². The van der Waals surface area contributed by atoms with Crippen molar-refractivity contribution < 1.29 is 4.92 Å². The minimum atomic E-state index is -0.402. The Hall–Kier alpha value is -2.21.